The fraction of sp³-hybridized carbons (Fsp3) is 0.722. The van der Waals surface area contributed by atoms with E-state index in [1.165, 1.54) is 10.6 Å². The van der Waals surface area contributed by atoms with Crippen LogP contribution in [0.25, 0.3) is 0 Å². The van der Waals surface area contributed by atoms with Gasteiger partial charge >= 0.3 is 0 Å². The summed E-state index contributed by atoms with van der Waals surface area (Å²) in [5, 5.41) is 3.03. The predicted octanol–water partition coefficient (Wildman–Crippen LogP) is 0.749. The van der Waals surface area contributed by atoms with E-state index in [-0.39, 0.29) is 24.4 Å². The number of hydrogen-bond donors (Lipinski definition) is 1. The molecule has 2 fully saturated rings. The fourth-order valence-electron chi connectivity index (χ4n) is 3.73. The van der Waals surface area contributed by atoms with Crippen LogP contribution < -0.4 is 5.32 Å². The van der Waals surface area contributed by atoms with Gasteiger partial charge in [-0.2, -0.15) is 0 Å². The molecule has 2 unspecified atom stereocenters. The minimum Gasteiger partial charge on any atom is -0.465 e. The monoisotopic (exact) mass is 399 g/mol. The molecule has 9 heteroatoms. The number of nitrogens with one attached hydrogen (secondary N) is 1. The second-order valence-corrected chi connectivity index (χ2v) is 9.30. The average molecular weight is 400 g/mol. The van der Waals surface area contributed by atoms with Crippen LogP contribution in [0.2, 0.25) is 0 Å². The Morgan fingerprint density at radius 1 is 1.30 bits per heavy atom. The van der Waals surface area contributed by atoms with Crippen LogP contribution in [-0.2, 0) is 19.6 Å². The summed E-state index contributed by atoms with van der Waals surface area (Å²) in [4.78, 5) is 14.9. The Hall–Kier alpha value is -1.42. The van der Waals surface area contributed by atoms with Crippen LogP contribution in [0, 0.1) is 12.8 Å². The van der Waals surface area contributed by atoms with Crippen LogP contribution >= 0.6 is 0 Å². The van der Waals surface area contributed by atoms with Gasteiger partial charge in [-0.15, -0.1) is 0 Å². The number of carbonyl (C=O) groups excluding carboxylic acids is 1. The van der Waals surface area contributed by atoms with Crippen molar-refractivity contribution in [3.63, 3.8) is 0 Å². The van der Waals surface area contributed by atoms with E-state index < -0.39 is 10.0 Å². The van der Waals surface area contributed by atoms with Crippen molar-refractivity contribution in [3.05, 3.63) is 23.7 Å². The van der Waals surface area contributed by atoms with Crippen LogP contribution in [0.5, 0.6) is 0 Å². The van der Waals surface area contributed by atoms with Gasteiger partial charge < -0.3 is 14.5 Å². The Bertz CT molecular complexity index is 742. The molecule has 0 bridgehead atoms. The number of rotatable bonds is 6. The van der Waals surface area contributed by atoms with Crippen molar-refractivity contribution in [3.8, 4) is 0 Å². The molecule has 1 N–H and O–H groups in total. The van der Waals surface area contributed by atoms with Crippen LogP contribution in [0.3, 0.4) is 0 Å². The summed E-state index contributed by atoms with van der Waals surface area (Å²) in [6.45, 7) is 5.97. The number of morpholine rings is 1. The van der Waals surface area contributed by atoms with Gasteiger partial charge in [0.2, 0.25) is 15.9 Å². The summed E-state index contributed by atoms with van der Waals surface area (Å²) in [6.07, 6.45) is 2.61. The van der Waals surface area contributed by atoms with Crippen LogP contribution in [0.4, 0.5) is 0 Å². The van der Waals surface area contributed by atoms with E-state index in [2.05, 4.69) is 10.2 Å². The van der Waals surface area contributed by atoms with Crippen molar-refractivity contribution in [1.29, 1.82) is 0 Å². The van der Waals surface area contributed by atoms with Crippen molar-refractivity contribution in [2.24, 2.45) is 5.92 Å². The third kappa shape index (κ3) is 5.31. The van der Waals surface area contributed by atoms with Crippen LogP contribution in [-0.4, -0.2) is 75.7 Å². The smallest absolute Gasteiger partial charge is 0.224 e. The molecule has 1 amide bonds. The van der Waals surface area contributed by atoms with Gasteiger partial charge in [0.1, 0.15) is 11.5 Å². The third-order valence-corrected chi connectivity index (χ3v) is 6.54. The number of ether oxygens (including phenoxy) is 1. The molecular formula is C18H29N3O5S. The maximum Gasteiger partial charge on any atom is 0.224 e. The van der Waals surface area contributed by atoms with Gasteiger partial charge in [-0.05, 0) is 31.9 Å². The van der Waals surface area contributed by atoms with E-state index in [0.29, 0.717) is 39.1 Å². The molecule has 152 valence electrons. The minimum atomic E-state index is -3.26. The molecule has 8 nitrogen and oxygen atoms in total. The van der Waals surface area contributed by atoms with Crippen molar-refractivity contribution >= 4 is 15.9 Å². The van der Waals surface area contributed by atoms with Crippen molar-refractivity contribution in [1.82, 2.24) is 14.5 Å². The van der Waals surface area contributed by atoms with E-state index >= 15 is 0 Å². The molecule has 0 radical (unpaired) electrons. The lowest BCUT2D eigenvalue weighted by Gasteiger charge is -2.34. The Morgan fingerprint density at radius 2 is 2.04 bits per heavy atom. The Labute approximate surface area is 160 Å². The number of furan rings is 1. The number of hydrogen-bond acceptors (Lipinski definition) is 6. The molecule has 3 rings (SSSR count). The summed E-state index contributed by atoms with van der Waals surface area (Å²) in [6, 6.07) is 3.82. The zero-order valence-electron chi connectivity index (χ0n) is 16.0. The summed E-state index contributed by atoms with van der Waals surface area (Å²) in [5.74, 6) is 1.27. The molecule has 0 spiro atoms. The number of aryl methyl sites for hydroxylation is 1. The van der Waals surface area contributed by atoms with Gasteiger partial charge in [-0.25, -0.2) is 12.7 Å². The highest BCUT2D eigenvalue weighted by atomic mass is 32.2. The number of sulfonamides is 1. The summed E-state index contributed by atoms with van der Waals surface area (Å²) in [5.41, 5.74) is 0. The zero-order valence-corrected chi connectivity index (χ0v) is 16.8. The highest BCUT2D eigenvalue weighted by molar-refractivity contribution is 7.88. The van der Waals surface area contributed by atoms with E-state index in [1.807, 2.05) is 19.1 Å². The van der Waals surface area contributed by atoms with Crippen molar-refractivity contribution < 1.29 is 22.4 Å². The lowest BCUT2D eigenvalue weighted by Crippen LogP contribution is -2.48. The first kappa shape index (κ1) is 20.3. The van der Waals surface area contributed by atoms with Gasteiger partial charge in [-0.3, -0.25) is 9.69 Å². The lowest BCUT2D eigenvalue weighted by molar-refractivity contribution is -0.126. The Morgan fingerprint density at radius 3 is 2.67 bits per heavy atom. The van der Waals surface area contributed by atoms with Crippen molar-refractivity contribution in [2.45, 2.75) is 25.8 Å². The van der Waals surface area contributed by atoms with E-state index in [0.717, 1.165) is 24.6 Å². The molecule has 1 aromatic heterocycles. The Balaban J connectivity index is 1.63. The second-order valence-electron chi connectivity index (χ2n) is 7.32. The predicted molar refractivity (Wildman–Crippen MR) is 101 cm³/mol. The quantitative estimate of drug-likeness (QED) is 0.759. The van der Waals surface area contributed by atoms with Gasteiger partial charge in [0.25, 0.3) is 0 Å². The summed E-state index contributed by atoms with van der Waals surface area (Å²) >= 11 is 0. The molecule has 0 saturated carbocycles. The highest BCUT2D eigenvalue weighted by Gasteiger charge is 2.31. The van der Waals surface area contributed by atoms with Gasteiger partial charge in [0, 0.05) is 32.7 Å². The van der Waals surface area contributed by atoms with Gasteiger partial charge in [0.05, 0.1) is 31.4 Å². The maximum atomic E-state index is 12.7. The first-order valence-electron chi connectivity index (χ1n) is 9.45. The number of amides is 1. The number of carbonyl (C=O) groups is 1. The molecule has 0 aromatic carbocycles. The molecule has 3 heterocycles. The third-order valence-electron chi connectivity index (χ3n) is 5.27. The topological polar surface area (TPSA) is 92.1 Å². The lowest BCUT2D eigenvalue weighted by atomic mass is 9.98. The van der Waals surface area contributed by atoms with Crippen LogP contribution in [0.15, 0.2) is 16.5 Å². The molecule has 2 atom stereocenters. The fourth-order valence-corrected chi connectivity index (χ4v) is 4.64. The summed E-state index contributed by atoms with van der Waals surface area (Å²) < 4.78 is 36.2. The molecule has 1 aromatic rings. The first-order valence-corrected chi connectivity index (χ1v) is 11.3. The molecule has 2 aliphatic rings. The van der Waals surface area contributed by atoms with E-state index in [4.69, 9.17) is 9.15 Å². The van der Waals surface area contributed by atoms with Crippen molar-refractivity contribution in [2.75, 3.05) is 52.2 Å². The molecule has 27 heavy (non-hydrogen) atoms. The number of piperidine rings is 1. The largest absolute Gasteiger partial charge is 0.465 e. The standard InChI is InChI=1S/C18H29N3O5S/c1-14-5-6-17(26-14)16(20-8-10-25-11-9-20)12-19-18(22)15-4-3-7-21(13-15)27(2,23)24/h5-6,15-16H,3-4,7-13H2,1-2H3,(H,19,22). The SMILES string of the molecule is Cc1ccc(C(CNC(=O)C2CCCN(S(C)(=O)=O)C2)N2CCOCC2)o1. The number of nitrogens with zero attached hydrogens (tertiary/aromatic N) is 2. The normalized spacial score (nSPS) is 23.9. The molecule has 2 aliphatic heterocycles. The summed E-state index contributed by atoms with van der Waals surface area (Å²) in [7, 11) is -3.26. The molecule has 0 aliphatic carbocycles. The first-order chi connectivity index (χ1) is 12.8. The van der Waals surface area contributed by atoms with Crippen LogP contribution in [0.1, 0.15) is 30.4 Å². The maximum absolute atomic E-state index is 12.7. The average Bonchev–Trinajstić information content (AvgIpc) is 3.08. The second kappa shape index (κ2) is 8.72. The van der Waals surface area contributed by atoms with E-state index in [1.54, 1.807) is 0 Å². The van der Waals surface area contributed by atoms with Gasteiger partial charge in [0.15, 0.2) is 0 Å². The Kier molecular flexibility index (Phi) is 6.56. The highest BCUT2D eigenvalue weighted by Crippen LogP contribution is 2.24. The van der Waals surface area contributed by atoms with Gasteiger partial charge in [-0.1, -0.05) is 0 Å². The van der Waals surface area contributed by atoms with E-state index in [9.17, 15) is 13.2 Å². The molecular weight excluding hydrogens is 370 g/mol. The molecule has 2 saturated heterocycles. The minimum absolute atomic E-state index is 0.0545. The zero-order chi connectivity index (χ0) is 19.4.